The maximum absolute atomic E-state index is 10.5. The Kier molecular flexibility index (Phi) is 2.76. The number of tetrazole rings is 1. The number of hydrogen-bond donors (Lipinski definition) is 1. The molecule has 0 amide bonds. The fourth-order valence-electron chi connectivity index (χ4n) is 1.02. The van der Waals surface area contributed by atoms with Gasteiger partial charge in [0.2, 0.25) is 0 Å². The molecule has 6 nitrogen and oxygen atoms in total. The summed E-state index contributed by atoms with van der Waals surface area (Å²) >= 11 is 11.5. The number of aromatic carboxylic acids is 1. The molecule has 2 rings (SSSR count). The van der Waals surface area contributed by atoms with Crippen molar-refractivity contribution >= 4 is 29.2 Å². The summed E-state index contributed by atoms with van der Waals surface area (Å²) in [7, 11) is 0. The first-order valence-corrected chi connectivity index (χ1v) is 4.82. The van der Waals surface area contributed by atoms with Crippen LogP contribution < -0.4 is 0 Å². The Bertz CT molecular complexity index is 555. The lowest BCUT2D eigenvalue weighted by Crippen LogP contribution is -2.02. The molecule has 0 saturated carbocycles. The van der Waals surface area contributed by atoms with Crippen LogP contribution in [0.25, 0.3) is 5.69 Å². The van der Waals surface area contributed by atoms with Crippen LogP contribution in [0.3, 0.4) is 0 Å². The van der Waals surface area contributed by atoms with Gasteiger partial charge >= 0.3 is 5.97 Å². The number of rotatable bonds is 2. The number of halogens is 2. The van der Waals surface area contributed by atoms with Crippen molar-refractivity contribution < 1.29 is 9.90 Å². The van der Waals surface area contributed by atoms with Crippen molar-refractivity contribution in [2.45, 2.75) is 0 Å². The van der Waals surface area contributed by atoms with E-state index in [1.165, 1.54) is 6.07 Å². The van der Waals surface area contributed by atoms with Gasteiger partial charge in [-0.15, -0.1) is 15.0 Å². The Labute approximate surface area is 99.4 Å². The summed E-state index contributed by atoms with van der Waals surface area (Å²) in [4.78, 5) is 11.6. The summed E-state index contributed by atoms with van der Waals surface area (Å²) in [5, 5.41) is 19.9. The molecular formula is C8H4Cl2N4O2. The molecule has 82 valence electrons. The van der Waals surface area contributed by atoms with Crippen molar-refractivity contribution in [3.05, 3.63) is 34.1 Å². The van der Waals surface area contributed by atoms with Gasteiger partial charge in [0, 0.05) is 0 Å². The molecule has 0 bridgehead atoms. The summed E-state index contributed by atoms with van der Waals surface area (Å²) in [6.45, 7) is 0. The highest BCUT2D eigenvalue weighted by Gasteiger charge is 2.11. The normalized spacial score (nSPS) is 10.4. The van der Waals surface area contributed by atoms with Gasteiger partial charge in [-0.3, -0.25) is 0 Å². The van der Waals surface area contributed by atoms with Crippen LogP contribution >= 0.6 is 23.2 Å². The van der Waals surface area contributed by atoms with Crippen LogP contribution in [0.5, 0.6) is 0 Å². The lowest BCUT2D eigenvalue weighted by molar-refractivity contribution is 0.0683. The summed E-state index contributed by atoms with van der Waals surface area (Å²) in [5.74, 6) is -1.63. The van der Waals surface area contributed by atoms with Gasteiger partial charge in [-0.05, 0) is 23.4 Å². The van der Waals surface area contributed by atoms with Crippen LogP contribution in [-0.2, 0) is 0 Å². The lowest BCUT2D eigenvalue weighted by atomic mass is 10.3. The molecular weight excluding hydrogens is 255 g/mol. The first-order valence-electron chi connectivity index (χ1n) is 4.06. The van der Waals surface area contributed by atoms with Crippen molar-refractivity contribution in [3.63, 3.8) is 0 Å². The number of nitrogens with zero attached hydrogens (tertiary/aromatic N) is 4. The Balaban J connectivity index is 2.42. The molecule has 0 aliphatic rings. The van der Waals surface area contributed by atoms with Gasteiger partial charge in [0.15, 0.2) is 0 Å². The van der Waals surface area contributed by atoms with Gasteiger partial charge in [-0.25, -0.2) is 4.79 Å². The van der Waals surface area contributed by atoms with Crippen molar-refractivity contribution in [1.82, 2.24) is 20.2 Å². The van der Waals surface area contributed by atoms with Crippen LogP contribution in [-0.4, -0.2) is 31.3 Å². The Morgan fingerprint density at radius 2 is 2.06 bits per heavy atom. The summed E-state index contributed by atoms with van der Waals surface area (Å²) in [6.07, 6.45) is 0. The fourth-order valence-corrected chi connectivity index (χ4v) is 1.31. The predicted octanol–water partition coefficient (Wildman–Crippen LogP) is 1.67. The smallest absolute Gasteiger partial charge is 0.377 e. The first-order chi connectivity index (χ1) is 7.58. The standard InChI is InChI=1S/C8H4Cl2N4O2/c9-5-2-1-4(3-6(5)10)14-12-7(8(15)16)11-13-14/h1-3H,(H,15,16). The van der Waals surface area contributed by atoms with Crippen LogP contribution in [0, 0.1) is 0 Å². The monoisotopic (exact) mass is 258 g/mol. The summed E-state index contributed by atoms with van der Waals surface area (Å²) in [5.41, 5.74) is 0.481. The molecule has 0 saturated heterocycles. The highest BCUT2D eigenvalue weighted by molar-refractivity contribution is 6.42. The molecule has 8 heteroatoms. The molecule has 0 unspecified atom stereocenters. The summed E-state index contributed by atoms with van der Waals surface area (Å²) in [6, 6.07) is 4.67. The van der Waals surface area contributed by atoms with Crippen molar-refractivity contribution in [3.8, 4) is 5.69 Å². The molecule has 2 aromatic rings. The Hall–Kier alpha value is -1.66. The fraction of sp³-hybridized carbons (Fsp3) is 0. The Morgan fingerprint density at radius 3 is 2.62 bits per heavy atom. The molecule has 1 heterocycles. The minimum Gasteiger partial charge on any atom is -0.475 e. The second-order valence-corrected chi connectivity index (χ2v) is 3.62. The molecule has 1 aromatic carbocycles. The number of aromatic nitrogens is 4. The maximum Gasteiger partial charge on any atom is 0.377 e. The van der Waals surface area contributed by atoms with E-state index in [0.29, 0.717) is 15.7 Å². The number of carbonyl (C=O) groups is 1. The van der Waals surface area contributed by atoms with E-state index in [4.69, 9.17) is 28.3 Å². The molecule has 0 fully saturated rings. The minimum absolute atomic E-state index is 0.327. The van der Waals surface area contributed by atoms with Crippen molar-refractivity contribution in [1.29, 1.82) is 0 Å². The van der Waals surface area contributed by atoms with E-state index in [1.54, 1.807) is 12.1 Å². The van der Waals surface area contributed by atoms with E-state index in [9.17, 15) is 4.79 Å². The molecule has 0 aliphatic heterocycles. The minimum atomic E-state index is -1.24. The SMILES string of the molecule is O=C(O)c1nnn(-c2ccc(Cl)c(Cl)c2)n1. The van der Waals surface area contributed by atoms with Gasteiger partial charge < -0.3 is 5.11 Å². The third-order valence-electron chi connectivity index (χ3n) is 1.74. The quantitative estimate of drug-likeness (QED) is 0.887. The van der Waals surface area contributed by atoms with Gasteiger partial charge in [0.1, 0.15) is 0 Å². The zero-order valence-corrected chi connectivity index (χ0v) is 9.14. The number of carboxylic acid groups (broad SMARTS) is 1. The average molecular weight is 259 g/mol. The number of benzene rings is 1. The molecule has 0 radical (unpaired) electrons. The third kappa shape index (κ3) is 1.98. The second kappa shape index (κ2) is 4.07. The highest BCUT2D eigenvalue weighted by atomic mass is 35.5. The lowest BCUT2D eigenvalue weighted by Gasteiger charge is -1.99. The predicted molar refractivity (Wildman–Crippen MR) is 56.1 cm³/mol. The van der Waals surface area contributed by atoms with E-state index >= 15 is 0 Å². The second-order valence-electron chi connectivity index (χ2n) is 2.81. The van der Waals surface area contributed by atoms with E-state index in [-0.39, 0.29) is 5.82 Å². The molecule has 16 heavy (non-hydrogen) atoms. The van der Waals surface area contributed by atoms with Gasteiger partial charge in [-0.1, -0.05) is 23.2 Å². The van der Waals surface area contributed by atoms with Gasteiger partial charge in [0.05, 0.1) is 15.7 Å². The van der Waals surface area contributed by atoms with E-state index in [0.717, 1.165) is 4.80 Å². The molecule has 1 N–H and O–H groups in total. The van der Waals surface area contributed by atoms with E-state index < -0.39 is 5.97 Å². The van der Waals surface area contributed by atoms with Gasteiger partial charge in [-0.2, -0.15) is 0 Å². The average Bonchev–Trinajstić information content (AvgIpc) is 2.71. The van der Waals surface area contributed by atoms with Crippen LogP contribution in [0.4, 0.5) is 0 Å². The summed E-state index contributed by atoms with van der Waals surface area (Å²) < 4.78 is 0. The van der Waals surface area contributed by atoms with Crippen molar-refractivity contribution in [2.24, 2.45) is 0 Å². The third-order valence-corrected chi connectivity index (χ3v) is 2.48. The molecule has 0 atom stereocenters. The van der Waals surface area contributed by atoms with Crippen LogP contribution in [0.2, 0.25) is 10.0 Å². The first kappa shape index (κ1) is 10.8. The topological polar surface area (TPSA) is 80.9 Å². The van der Waals surface area contributed by atoms with E-state index in [1.807, 2.05) is 0 Å². The van der Waals surface area contributed by atoms with Crippen LogP contribution in [0.15, 0.2) is 18.2 Å². The number of hydrogen-bond acceptors (Lipinski definition) is 4. The molecule has 1 aromatic heterocycles. The van der Waals surface area contributed by atoms with Crippen molar-refractivity contribution in [2.75, 3.05) is 0 Å². The largest absolute Gasteiger partial charge is 0.475 e. The number of carboxylic acids is 1. The van der Waals surface area contributed by atoms with Crippen LogP contribution in [0.1, 0.15) is 10.6 Å². The van der Waals surface area contributed by atoms with Gasteiger partial charge in [0.25, 0.3) is 5.82 Å². The van der Waals surface area contributed by atoms with E-state index in [2.05, 4.69) is 15.4 Å². The zero-order chi connectivity index (χ0) is 11.7. The Morgan fingerprint density at radius 1 is 1.31 bits per heavy atom. The zero-order valence-electron chi connectivity index (χ0n) is 7.63. The maximum atomic E-state index is 10.5. The molecule has 0 aliphatic carbocycles. The highest BCUT2D eigenvalue weighted by Crippen LogP contribution is 2.23. The molecule has 0 spiro atoms.